The molecule has 0 amide bonds. The third-order valence-corrected chi connectivity index (χ3v) is 3.63. The van der Waals surface area contributed by atoms with Crippen LogP contribution >= 0.6 is 0 Å². The Labute approximate surface area is 136 Å². The molecule has 2 aromatic heterocycles. The number of halogens is 3. The van der Waals surface area contributed by atoms with Crippen LogP contribution in [-0.2, 0) is 12.7 Å². The summed E-state index contributed by atoms with van der Waals surface area (Å²) in [7, 11) is 0. The van der Waals surface area contributed by atoms with Gasteiger partial charge in [-0.2, -0.15) is 13.2 Å². The van der Waals surface area contributed by atoms with Crippen molar-refractivity contribution >= 4 is 17.0 Å². The summed E-state index contributed by atoms with van der Waals surface area (Å²) in [4.78, 5) is 12.7. The zero-order valence-corrected chi connectivity index (χ0v) is 13.2. The minimum absolute atomic E-state index is 0.196. The van der Waals surface area contributed by atoms with Crippen molar-refractivity contribution in [3.05, 3.63) is 48.0 Å². The molecule has 1 N–H and O–H groups in total. The molecule has 0 aliphatic heterocycles. The first-order valence-corrected chi connectivity index (χ1v) is 7.44. The van der Waals surface area contributed by atoms with Crippen molar-refractivity contribution < 1.29 is 13.2 Å². The van der Waals surface area contributed by atoms with Crippen LogP contribution in [0.5, 0.6) is 0 Å². The molecule has 1 aromatic carbocycles. The van der Waals surface area contributed by atoms with Gasteiger partial charge in [0, 0.05) is 12.6 Å². The van der Waals surface area contributed by atoms with Crippen molar-refractivity contribution in [2.75, 3.05) is 5.32 Å². The second kappa shape index (κ2) is 6.10. The van der Waals surface area contributed by atoms with E-state index in [2.05, 4.69) is 20.3 Å². The highest BCUT2D eigenvalue weighted by Crippen LogP contribution is 2.29. The Morgan fingerprint density at radius 3 is 2.67 bits per heavy atom. The summed E-state index contributed by atoms with van der Waals surface area (Å²) in [6.45, 7) is 4.24. The van der Waals surface area contributed by atoms with Crippen molar-refractivity contribution in [2.24, 2.45) is 0 Å². The molecule has 126 valence electrons. The lowest BCUT2D eigenvalue weighted by atomic mass is 10.1. The van der Waals surface area contributed by atoms with Crippen molar-refractivity contribution in [1.82, 2.24) is 19.5 Å². The molecule has 0 fully saturated rings. The first-order chi connectivity index (χ1) is 11.4. The lowest BCUT2D eigenvalue weighted by molar-refractivity contribution is -0.137. The van der Waals surface area contributed by atoms with E-state index >= 15 is 0 Å². The van der Waals surface area contributed by atoms with Gasteiger partial charge < -0.3 is 9.88 Å². The summed E-state index contributed by atoms with van der Waals surface area (Å²) >= 11 is 0. The molecule has 5 nitrogen and oxygen atoms in total. The van der Waals surface area contributed by atoms with E-state index in [-0.39, 0.29) is 12.6 Å². The molecule has 2 heterocycles. The first kappa shape index (κ1) is 16.2. The predicted octanol–water partition coefficient (Wildman–Crippen LogP) is 4.04. The van der Waals surface area contributed by atoms with Gasteiger partial charge in [-0.15, -0.1) is 0 Å². The Bertz CT molecular complexity index is 854. The number of fused-ring (bicyclic) bond motifs is 1. The van der Waals surface area contributed by atoms with Gasteiger partial charge in [0.05, 0.1) is 11.9 Å². The molecule has 3 aromatic rings. The van der Waals surface area contributed by atoms with Crippen LogP contribution in [0.15, 0.2) is 36.9 Å². The number of anilines is 1. The van der Waals surface area contributed by atoms with E-state index in [0.717, 1.165) is 12.1 Å². The number of hydrogen-bond acceptors (Lipinski definition) is 4. The van der Waals surface area contributed by atoms with E-state index in [4.69, 9.17) is 0 Å². The summed E-state index contributed by atoms with van der Waals surface area (Å²) in [5.74, 6) is 0.497. The smallest absolute Gasteiger partial charge is 0.364 e. The third-order valence-electron chi connectivity index (χ3n) is 3.63. The molecule has 0 atom stereocenters. The quantitative estimate of drug-likeness (QED) is 0.782. The molecule has 8 heteroatoms. The Kier molecular flexibility index (Phi) is 4.13. The van der Waals surface area contributed by atoms with Crippen LogP contribution < -0.4 is 5.32 Å². The van der Waals surface area contributed by atoms with Crippen molar-refractivity contribution in [3.63, 3.8) is 0 Å². The number of aromatic nitrogens is 4. The van der Waals surface area contributed by atoms with Gasteiger partial charge in [-0.1, -0.05) is 12.1 Å². The third kappa shape index (κ3) is 3.17. The van der Waals surface area contributed by atoms with Crippen LogP contribution in [-0.4, -0.2) is 19.5 Å². The van der Waals surface area contributed by atoms with Crippen LogP contribution in [0, 0.1) is 0 Å². The Morgan fingerprint density at radius 2 is 1.96 bits per heavy atom. The van der Waals surface area contributed by atoms with Gasteiger partial charge in [0.1, 0.15) is 11.8 Å². The summed E-state index contributed by atoms with van der Waals surface area (Å²) in [5.41, 5.74) is 1.13. The fourth-order valence-corrected chi connectivity index (χ4v) is 2.40. The van der Waals surface area contributed by atoms with Crippen molar-refractivity contribution in [2.45, 2.75) is 32.6 Å². The van der Waals surface area contributed by atoms with E-state index < -0.39 is 11.7 Å². The summed E-state index contributed by atoms with van der Waals surface area (Å²) in [6, 6.07) is 5.40. The Hall–Kier alpha value is -2.64. The van der Waals surface area contributed by atoms with E-state index in [1.165, 1.54) is 12.4 Å². The number of rotatable bonds is 4. The SMILES string of the molecule is CC(C)n1cnc2c(NCc3cccc(C(F)(F)F)c3)ncnc21. The zero-order chi connectivity index (χ0) is 17.3. The molecule has 3 rings (SSSR count). The number of nitrogens with one attached hydrogen (secondary N) is 1. The highest BCUT2D eigenvalue weighted by molar-refractivity contribution is 5.82. The maximum atomic E-state index is 12.8. The van der Waals surface area contributed by atoms with Gasteiger partial charge in [0.15, 0.2) is 11.5 Å². The fraction of sp³-hybridized carbons (Fsp3) is 0.312. The average Bonchev–Trinajstić information content (AvgIpc) is 2.97. The molecule has 0 saturated carbocycles. The predicted molar refractivity (Wildman–Crippen MR) is 84.5 cm³/mol. The molecule has 0 aliphatic carbocycles. The highest BCUT2D eigenvalue weighted by Gasteiger charge is 2.30. The van der Waals surface area contributed by atoms with E-state index in [0.29, 0.717) is 22.5 Å². The van der Waals surface area contributed by atoms with Crippen LogP contribution in [0.25, 0.3) is 11.2 Å². The van der Waals surface area contributed by atoms with Crippen LogP contribution in [0.3, 0.4) is 0 Å². The number of imidazole rings is 1. The standard InChI is InChI=1S/C16H16F3N5/c1-10(2)24-9-23-13-14(21-8-22-15(13)24)20-7-11-4-3-5-12(6-11)16(17,18)19/h3-6,8-10H,7H2,1-2H3,(H,20,21,22). The minimum Gasteiger partial charge on any atom is -0.364 e. The van der Waals surface area contributed by atoms with Crippen LogP contribution in [0.1, 0.15) is 31.0 Å². The second-order valence-electron chi connectivity index (χ2n) is 5.69. The summed E-state index contributed by atoms with van der Waals surface area (Å²) < 4.78 is 40.2. The Balaban J connectivity index is 1.84. The highest BCUT2D eigenvalue weighted by atomic mass is 19.4. The molecule has 0 bridgehead atoms. The molecule has 0 saturated heterocycles. The molecular formula is C16H16F3N5. The number of nitrogens with zero attached hydrogens (tertiary/aromatic N) is 4. The van der Waals surface area contributed by atoms with Gasteiger partial charge in [-0.05, 0) is 31.5 Å². The molecular weight excluding hydrogens is 319 g/mol. The van der Waals surface area contributed by atoms with Gasteiger partial charge in [0.2, 0.25) is 0 Å². The van der Waals surface area contributed by atoms with E-state index in [1.807, 2.05) is 18.4 Å². The van der Waals surface area contributed by atoms with Crippen molar-refractivity contribution in [1.29, 1.82) is 0 Å². The topological polar surface area (TPSA) is 55.6 Å². The van der Waals surface area contributed by atoms with Crippen LogP contribution in [0.2, 0.25) is 0 Å². The van der Waals surface area contributed by atoms with Gasteiger partial charge >= 0.3 is 6.18 Å². The lowest BCUT2D eigenvalue weighted by Gasteiger charge is -2.10. The molecule has 0 spiro atoms. The van der Waals surface area contributed by atoms with Gasteiger partial charge in [-0.3, -0.25) is 0 Å². The molecule has 24 heavy (non-hydrogen) atoms. The maximum absolute atomic E-state index is 12.8. The molecule has 0 aliphatic rings. The second-order valence-corrected chi connectivity index (χ2v) is 5.69. The minimum atomic E-state index is -4.35. The lowest BCUT2D eigenvalue weighted by Crippen LogP contribution is -2.07. The first-order valence-electron chi connectivity index (χ1n) is 7.44. The number of hydrogen-bond donors (Lipinski definition) is 1. The average molecular weight is 335 g/mol. The van der Waals surface area contributed by atoms with Crippen molar-refractivity contribution in [3.8, 4) is 0 Å². The van der Waals surface area contributed by atoms with E-state index in [9.17, 15) is 13.2 Å². The normalized spacial score (nSPS) is 12.1. The monoisotopic (exact) mass is 335 g/mol. The largest absolute Gasteiger partial charge is 0.416 e. The summed E-state index contributed by atoms with van der Waals surface area (Å²) in [6.07, 6.45) is -1.26. The maximum Gasteiger partial charge on any atom is 0.416 e. The van der Waals surface area contributed by atoms with Gasteiger partial charge in [-0.25, -0.2) is 15.0 Å². The molecule has 0 unspecified atom stereocenters. The Morgan fingerprint density at radius 1 is 1.17 bits per heavy atom. The summed E-state index contributed by atoms with van der Waals surface area (Å²) in [5, 5.41) is 3.04. The van der Waals surface area contributed by atoms with E-state index in [1.54, 1.807) is 12.4 Å². The zero-order valence-electron chi connectivity index (χ0n) is 13.2. The number of alkyl halides is 3. The number of benzene rings is 1. The fourth-order valence-electron chi connectivity index (χ4n) is 2.40. The van der Waals surface area contributed by atoms with Gasteiger partial charge in [0.25, 0.3) is 0 Å². The molecule has 0 radical (unpaired) electrons. The van der Waals surface area contributed by atoms with Crippen LogP contribution in [0.4, 0.5) is 19.0 Å².